The molecule has 0 radical (unpaired) electrons. The fourth-order valence-electron chi connectivity index (χ4n) is 3.27. The molecule has 0 unspecified atom stereocenters. The number of ether oxygens (including phenoxy) is 1. The Morgan fingerprint density at radius 2 is 1.77 bits per heavy atom. The average molecular weight is 433 g/mol. The third-order valence-corrected chi connectivity index (χ3v) is 4.56. The predicted octanol–water partition coefficient (Wildman–Crippen LogP) is 5.13. The van der Waals surface area contributed by atoms with Crippen molar-refractivity contribution in [1.29, 1.82) is 0 Å². The van der Waals surface area contributed by atoms with E-state index in [9.17, 15) is 27.6 Å². The van der Waals surface area contributed by atoms with E-state index in [4.69, 9.17) is 4.74 Å². The molecule has 0 fully saturated rings. The van der Waals surface area contributed by atoms with Gasteiger partial charge in [-0.3, -0.25) is 4.79 Å². The minimum atomic E-state index is -4.56. The van der Waals surface area contributed by atoms with Crippen molar-refractivity contribution >= 4 is 40.1 Å². The molecule has 1 heterocycles. The first-order valence-corrected chi connectivity index (χ1v) is 9.02. The van der Waals surface area contributed by atoms with Crippen LogP contribution in [0.15, 0.2) is 36.4 Å². The van der Waals surface area contributed by atoms with E-state index in [1.807, 2.05) is 0 Å². The van der Waals surface area contributed by atoms with Crippen LogP contribution in [-0.4, -0.2) is 29.9 Å². The van der Waals surface area contributed by atoms with Gasteiger partial charge in [0.1, 0.15) is 0 Å². The van der Waals surface area contributed by atoms with Crippen molar-refractivity contribution in [2.45, 2.75) is 20.0 Å². The van der Waals surface area contributed by atoms with Gasteiger partial charge in [0.2, 0.25) is 0 Å². The number of ketones is 1. The number of aromatic nitrogens is 1. The molecule has 7 nitrogen and oxygen atoms in total. The monoisotopic (exact) mass is 433 g/mol. The van der Waals surface area contributed by atoms with Crippen molar-refractivity contribution in [3.63, 3.8) is 0 Å². The first-order chi connectivity index (χ1) is 14.5. The number of halogens is 3. The van der Waals surface area contributed by atoms with Crippen LogP contribution >= 0.6 is 0 Å². The van der Waals surface area contributed by atoms with Crippen LogP contribution in [0, 0.1) is 6.92 Å². The van der Waals surface area contributed by atoms with Gasteiger partial charge in [-0.25, -0.2) is 9.59 Å². The number of rotatable bonds is 4. The number of aromatic amines is 1. The molecule has 0 bridgehead atoms. The molecule has 0 spiro atoms. The molecule has 3 aromatic rings. The summed E-state index contributed by atoms with van der Waals surface area (Å²) in [5.41, 5.74) is 0.526. The van der Waals surface area contributed by atoms with Crippen molar-refractivity contribution in [2.75, 3.05) is 17.7 Å². The molecule has 3 rings (SSSR count). The molecule has 1 aromatic heterocycles. The first kappa shape index (κ1) is 21.9. The quantitative estimate of drug-likeness (QED) is 0.392. The molecule has 2 aromatic carbocycles. The van der Waals surface area contributed by atoms with E-state index in [1.54, 1.807) is 6.92 Å². The maximum atomic E-state index is 12.9. The Morgan fingerprint density at radius 3 is 2.39 bits per heavy atom. The zero-order valence-electron chi connectivity index (χ0n) is 16.7. The number of carbonyl (C=O) groups is 3. The summed E-state index contributed by atoms with van der Waals surface area (Å²) >= 11 is 0. The minimum absolute atomic E-state index is 0.0696. The first-order valence-electron chi connectivity index (χ1n) is 9.02. The standard InChI is InChI=1S/C21H18F3N3O4/c1-10-17(11(2)28)15-7-12(19(29)31-3)8-16(18(15)25-10)27-20(30)26-14-6-4-5-13(9-14)21(22,23)24/h4-9,25H,1-3H3,(H2,26,27,30). The third-order valence-electron chi connectivity index (χ3n) is 4.56. The van der Waals surface area contributed by atoms with Crippen LogP contribution in [-0.2, 0) is 10.9 Å². The molecule has 0 atom stereocenters. The van der Waals surface area contributed by atoms with Gasteiger partial charge in [-0.2, -0.15) is 13.2 Å². The van der Waals surface area contributed by atoms with Gasteiger partial charge in [-0.15, -0.1) is 0 Å². The number of amides is 2. The summed E-state index contributed by atoms with van der Waals surface area (Å²) in [7, 11) is 1.19. The van der Waals surface area contributed by atoms with Gasteiger partial charge in [0.05, 0.1) is 29.4 Å². The van der Waals surface area contributed by atoms with Gasteiger partial charge in [0, 0.05) is 22.3 Å². The smallest absolute Gasteiger partial charge is 0.416 e. The summed E-state index contributed by atoms with van der Waals surface area (Å²) in [6.07, 6.45) is -4.56. The Kier molecular flexibility index (Phi) is 5.74. The number of anilines is 2. The highest BCUT2D eigenvalue weighted by Gasteiger charge is 2.30. The van der Waals surface area contributed by atoms with E-state index in [2.05, 4.69) is 15.6 Å². The van der Waals surface area contributed by atoms with E-state index < -0.39 is 23.7 Å². The number of esters is 1. The van der Waals surface area contributed by atoms with Crippen LogP contribution in [0.1, 0.15) is 38.9 Å². The minimum Gasteiger partial charge on any atom is -0.465 e. The number of benzene rings is 2. The third kappa shape index (κ3) is 4.52. The van der Waals surface area contributed by atoms with Gasteiger partial charge in [-0.05, 0) is 44.2 Å². The number of H-pyrrole nitrogens is 1. The van der Waals surface area contributed by atoms with Crippen LogP contribution in [0.25, 0.3) is 10.9 Å². The van der Waals surface area contributed by atoms with Gasteiger partial charge in [0.15, 0.2) is 5.78 Å². The Labute approximate surface area is 174 Å². The molecule has 162 valence electrons. The van der Waals surface area contributed by atoms with E-state index in [1.165, 1.54) is 38.3 Å². The van der Waals surface area contributed by atoms with Crippen molar-refractivity contribution in [3.8, 4) is 0 Å². The number of fused-ring (bicyclic) bond motifs is 1. The molecule has 0 aliphatic heterocycles. The zero-order valence-corrected chi connectivity index (χ0v) is 16.7. The summed E-state index contributed by atoms with van der Waals surface area (Å²) in [4.78, 5) is 39.6. The molecule has 0 aliphatic carbocycles. The number of carbonyl (C=O) groups excluding carboxylic acids is 3. The lowest BCUT2D eigenvalue weighted by Gasteiger charge is -2.12. The van der Waals surface area contributed by atoms with Crippen molar-refractivity contribution in [2.24, 2.45) is 0 Å². The maximum absolute atomic E-state index is 12.9. The Morgan fingerprint density at radius 1 is 1.06 bits per heavy atom. The highest BCUT2D eigenvalue weighted by molar-refractivity contribution is 6.15. The van der Waals surface area contributed by atoms with E-state index in [0.717, 1.165) is 12.1 Å². The molecular formula is C21H18F3N3O4. The lowest BCUT2D eigenvalue weighted by molar-refractivity contribution is -0.137. The molecule has 0 saturated heterocycles. The van der Waals surface area contributed by atoms with Gasteiger partial charge in [0.25, 0.3) is 0 Å². The molecule has 0 aliphatic rings. The number of hydrogen-bond acceptors (Lipinski definition) is 4. The SMILES string of the molecule is COC(=O)c1cc(NC(=O)Nc2cccc(C(F)(F)F)c2)c2[nH]c(C)c(C(C)=O)c2c1. The number of urea groups is 1. The molecule has 0 saturated carbocycles. The molecule has 31 heavy (non-hydrogen) atoms. The second-order valence-corrected chi connectivity index (χ2v) is 6.78. The topological polar surface area (TPSA) is 100 Å². The summed E-state index contributed by atoms with van der Waals surface area (Å²) in [6, 6.07) is 6.14. The second-order valence-electron chi connectivity index (χ2n) is 6.78. The van der Waals surface area contributed by atoms with Gasteiger partial charge >= 0.3 is 18.2 Å². The summed E-state index contributed by atoms with van der Waals surface area (Å²) < 4.78 is 43.4. The van der Waals surface area contributed by atoms with E-state index in [-0.39, 0.29) is 22.7 Å². The summed E-state index contributed by atoms with van der Waals surface area (Å²) in [6.45, 7) is 3.04. The summed E-state index contributed by atoms with van der Waals surface area (Å²) in [5, 5.41) is 5.24. The molecular weight excluding hydrogens is 415 g/mol. The lowest BCUT2D eigenvalue weighted by Crippen LogP contribution is -2.20. The second kappa shape index (κ2) is 8.13. The Hall–Kier alpha value is -3.82. The highest BCUT2D eigenvalue weighted by Crippen LogP contribution is 2.32. The number of alkyl halides is 3. The normalized spacial score (nSPS) is 11.3. The van der Waals surface area contributed by atoms with Crippen LogP contribution in [0.4, 0.5) is 29.3 Å². The van der Waals surface area contributed by atoms with E-state index >= 15 is 0 Å². The Bertz CT molecular complexity index is 1200. The lowest BCUT2D eigenvalue weighted by atomic mass is 10.0. The molecule has 3 N–H and O–H groups in total. The fraction of sp³-hybridized carbons (Fsp3) is 0.190. The Balaban J connectivity index is 1.98. The maximum Gasteiger partial charge on any atom is 0.416 e. The largest absolute Gasteiger partial charge is 0.465 e. The average Bonchev–Trinajstić information content (AvgIpc) is 3.03. The molecule has 2 amide bonds. The fourth-order valence-corrected chi connectivity index (χ4v) is 3.27. The zero-order chi connectivity index (χ0) is 22.9. The number of methoxy groups -OCH3 is 1. The van der Waals surface area contributed by atoms with Crippen LogP contribution in [0.2, 0.25) is 0 Å². The van der Waals surface area contributed by atoms with Crippen molar-refractivity contribution < 1.29 is 32.3 Å². The molecule has 10 heteroatoms. The number of nitrogens with one attached hydrogen (secondary N) is 3. The number of hydrogen-bond donors (Lipinski definition) is 3. The number of Topliss-reactive ketones (excluding diaryl/α,β-unsaturated/α-hetero) is 1. The van der Waals surface area contributed by atoms with Gasteiger partial charge in [-0.1, -0.05) is 6.07 Å². The van der Waals surface area contributed by atoms with Crippen LogP contribution in [0.5, 0.6) is 0 Å². The van der Waals surface area contributed by atoms with E-state index in [0.29, 0.717) is 22.2 Å². The highest BCUT2D eigenvalue weighted by atomic mass is 19.4. The van der Waals surface area contributed by atoms with Crippen LogP contribution in [0.3, 0.4) is 0 Å². The van der Waals surface area contributed by atoms with Crippen LogP contribution < -0.4 is 10.6 Å². The summed E-state index contributed by atoms with van der Waals surface area (Å²) in [5.74, 6) is -0.929. The van der Waals surface area contributed by atoms with Crippen molar-refractivity contribution in [3.05, 3.63) is 58.8 Å². The number of aryl methyl sites for hydroxylation is 1. The van der Waals surface area contributed by atoms with Crippen molar-refractivity contribution in [1.82, 2.24) is 4.98 Å². The predicted molar refractivity (Wildman–Crippen MR) is 108 cm³/mol. The van der Waals surface area contributed by atoms with Gasteiger partial charge < -0.3 is 20.4 Å².